The second kappa shape index (κ2) is 43.9. The van der Waals surface area contributed by atoms with Crippen molar-refractivity contribution < 1.29 is 98.7 Å². The molecule has 0 amide bonds. The van der Waals surface area contributed by atoms with Crippen LogP contribution in [0.15, 0.2) is 38.2 Å². The normalized spacial score (nSPS) is 30.8. The third-order valence-corrected chi connectivity index (χ3v) is 18.7. The van der Waals surface area contributed by atoms with Crippen molar-refractivity contribution in [2.45, 2.75) is 204 Å². The molecule has 11 unspecified atom stereocenters. The summed E-state index contributed by atoms with van der Waals surface area (Å²) in [7, 11) is 0. The summed E-state index contributed by atoms with van der Waals surface area (Å²) in [6.07, 6.45) is 37.6. The van der Waals surface area contributed by atoms with Crippen molar-refractivity contribution in [3.05, 3.63) is 38.2 Å². The molecule has 0 aromatic carbocycles. The van der Waals surface area contributed by atoms with Crippen molar-refractivity contribution in [2.75, 3.05) is 50.9 Å². The molecule has 74 heavy (non-hydrogen) atoms. The fourth-order valence-electron chi connectivity index (χ4n) is 13.7. The maximum atomic E-state index is 9.59. The summed E-state index contributed by atoms with van der Waals surface area (Å²) in [6.45, 7) is 13.3. The molecule has 0 aromatic heterocycles. The standard InChI is InChI=1S/C30H52O8.C24H42Br2O4.C3H3O.Na.H2O/c1-3-28(37-31)7-5-8-30(38-32)27-12-11-25-19-24(9-10-26(25)20-27)23-13-15-29(16-14-23)36-22-35-18-6-17-34-21-33-4-2;25-12-1-3-24(30-27)22-7-6-20-15-19(4-5-21(20)16-22)18-8-10-23(11-9-18)29-17-28-14-2-13-26;1-2-3-4;;/h3-4,23-32H,1-2,5-22H2;18-24,27H,1-17H2;2H,1H2;;1H2/q;;-1;+1;/p-1. The first-order chi connectivity index (χ1) is 35.3. The van der Waals surface area contributed by atoms with Gasteiger partial charge in [0, 0.05) is 10.7 Å². The summed E-state index contributed by atoms with van der Waals surface area (Å²) >= 11 is 6.93. The van der Waals surface area contributed by atoms with Crippen molar-refractivity contribution in [3.63, 3.8) is 0 Å². The molecule has 6 rings (SSSR count). The molecular weight excluding hydrogens is 1090 g/mol. The molecule has 0 aromatic rings. The molecule has 4 N–H and O–H groups in total. The van der Waals surface area contributed by atoms with Crippen molar-refractivity contribution in [3.8, 4) is 0 Å². The van der Waals surface area contributed by atoms with Crippen molar-refractivity contribution in [2.24, 2.45) is 59.2 Å². The van der Waals surface area contributed by atoms with Gasteiger partial charge >= 0.3 is 29.6 Å². The summed E-state index contributed by atoms with van der Waals surface area (Å²) < 4.78 is 33.3. The summed E-state index contributed by atoms with van der Waals surface area (Å²) in [5.41, 5.74) is 0. The molecule has 6 aliphatic rings. The Balaban J connectivity index is 0.000000470. The first kappa shape index (κ1) is 70.3. The fraction of sp³-hybridized carbons (Fsp3) is 0.877. The zero-order chi connectivity index (χ0) is 51.6. The van der Waals surface area contributed by atoms with Crippen LogP contribution in [0.4, 0.5) is 0 Å². The number of halogens is 2. The zero-order valence-electron chi connectivity index (χ0n) is 45.4. The van der Waals surface area contributed by atoms with Gasteiger partial charge in [-0.15, -0.1) is 6.58 Å². The van der Waals surface area contributed by atoms with Crippen molar-refractivity contribution in [1.82, 2.24) is 0 Å². The van der Waals surface area contributed by atoms with E-state index in [0.717, 1.165) is 128 Å². The van der Waals surface area contributed by atoms with E-state index in [-0.39, 0.29) is 60.1 Å². The molecule has 6 fully saturated rings. The van der Waals surface area contributed by atoms with E-state index in [4.69, 9.17) is 48.2 Å². The van der Waals surface area contributed by atoms with Crippen LogP contribution in [0.1, 0.15) is 173 Å². The number of rotatable bonds is 32. The van der Waals surface area contributed by atoms with E-state index in [1.165, 1.54) is 122 Å². The van der Waals surface area contributed by atoms with Crippen molar-refractivity contribution >= 4 is 38.1 Å². The van der Waals surface area contributed by atoms with Crippen LogP contribution in [0.2, 0.25) is 0 Å². The number of alkyl halides is 2. The molecule has 14 nitrogen and oxygen atoms in total. The predicted octanol–water partition coefficient (Wildman–Crippen LogP) is 11.3. The number of fused-ring (bicyclic) bond motifs is 2. The van der Waals surface area contributed by atoms with Crippen molar-refractivity contribution in [1.29, 1.82) is 0 Å². The third-order valence-electron chi connectivity index (χ3n) is 17.6. The minimum atomic E-state index is -0.352. The number of hydrogen-bond acceptors (Lipinski definition) is 14. The Bertz CT molecular complexity index is 1390. The first-order valence-electron chi connectivity index (χ1n) is 28.2. The number of hydrogen-bond donors (Lipinski definition) is 3. The Labute approximate surface area is 485 Å². The Morgan fingerprint density at radius 3 is 1.30 bits per heavy atom. The maximum Gasteiger partial charge on any atom is 1.00 e. The molecule has 426 valence electrons. The Morgan fingerprint density at radius 2 is 0.892 bits per heavy atom. The largest absolute Gasteiger partial charge is 1.00 e. The predicted molar refractivity (Wildman–Crippen MR) is 291 cm³/mol. The summed E-state index contributed by atoms with van der Waals surface area (Å²) in [5, 5.41) is 29.8. The Hall–Kier alpha value is 0.170. The second-order valence-corrected chi connectivity index (χ2v) is 23.4. The van der Waals surface area contributed by atoms with E-state index < -0.39 is 0 Å². The van der Waals surface area contributed by atoms with Crippen LogP contribution in [0.5, 0.6) is 0 Å². The zero-order valence-corrected chi connectivity index (χ0v) is 50.6. The van der Waals surface area contributed by atoms with Gasteiger partial charge in [0.15, 0.2) is 6.79 Å². The van der Waals surface area contributed by atoms with Gasteiger partial charge in [0.1, 0.15) is 19.7 Å². The van der Waals surface area contributed by atoms with Gasteiger partial charge in [-0.25, -0.2) is 27.3 Å². The average Bonchev–Trinajstić information content (AvgIpc) is 3.43. The van der Waals surface area contributed by atoms with Crippen LogP contribution in [0.25, 0.3) is 0 Å². The molecule has 11 atom stereocenters. The molecule has 0 spiro atoms. The van der Waals surface area contributed by atoms with Gasteiger partial charge < -0.3 is 38.7 Å². The summed E-state index contributed by atoms with van der Waals surface area (Å²) in [5.74, 6) is 7.86. The summed E-state index contributed by atoms with van der Waals surface area (Å²) in [4.78, 5) is 23.2. The van der Waals surface area contributed by atoms with Crippen LogP contribution in [-0.2, 0) is 47.9 Å². The van der Waals surface area contributed by atoms with Gasteiger partial charge in [0.25, 0.3) is 0 Å². The first-order valence-corrected chi connectivity index (χ1v) is 30.4. The van der Waals surface area contributed by atoms with E-state index >= 15 is 0 Å². The van der Waals surface area contributed by atoms with E-state index in [1.54, 1.807) is 6.08 Å². The minimum absolute atomic E-state index is 0. The Morgan fingerprint density at radius 1 is 0.500 bits per heavy atom. The van der Waals surface area contributed by atoms with E-state index in [0.29, 0.717) is 57.3 Å². The van der Waals surface area contributed by atoms with Crippen LogP contribution < -0.4 is 29.6 Å². The van der Waals surface area contributed by atoms with Gasteiger partial charge in [-0.1, -0.05) is 44.5 Å². The van der Waals surface area contributed by atoms with E-state index in [9.17, 15) is 10.5 Å². The molecule has 0 saturated heterocycles. The van der Waals surface area contributed by atoms with Gasteiger partial charge in [-0.3, -0.25) is 15.8 Å². The van der Waals surface area contributed by atoms with Gasteiger partial charge in [0.05, 0.1) is 50.5 Å². The quantitative estimate of drug-likeness (QED) is 0.00551. The Kier molecular flexibility index (Phi) is 41.7. The summed E-state index contributed by atoms with van der Waals surface area (Å²) in [6, 6.07) is 0. The maximum absolute atomic E-state index is 9.59. The van der Waals surface area contributed by atoms with Gasteiger partial charge in [-0.05, 0) is 239 Å². The number of carbonyl (C=O) groups excluding carboxylic acids is 1. The molecule has 6 aliphatic carbocycles. The molecule has 0 bridgehead atoms. The van der Waals surface area contributed by atoms with Crippen LogP contribution >= 0.6 is 31.9 Å². The molecule has 0 heterocycles. The molecule has 0 aliphatic heterocycles. The number of ether oxygens (including phenoxy) is 6. The van der Waals surface area contributed by atoms with E-state index in [1.807, 2.05) is 0 Å². The van der Waals surface area contributed by atoms with Crippen LogP contribution in [-0.4, -0.2) is 109 Å². The molecule has 0 radical (unpaired) electrons. The monoisotopic (exact) mass is 1190 g/mol. The number of allylic oxidation sites excluding steroid dienone is 1. The molecular formula is C57H98Br2NaO14-. The topological polar surface area (TPSA) is 191 Å². The third kappa shape index (κ3) is 26.6. The smallest absolute Gasteiger partial charge is 0.870 e. The average molecular weight is 1190 g/mol. The minimum Gasteiger partial charge on any atom is -0.870 e. The van der Waals surface area contributed by atoms with E-state index in [2.05, 4.69) is 56.5 Å². The fourth-order valence-corrected chi connectivity index (χ4v) is 14.2. The SMILES string of the molecule is C=COCOCCCOCOC1CCC(C2CCC3CC(C(CCCC(C=C)OO)OO)CCC3C2)CC1.C=C[C-]=O.OOC(CCCBr)C1CCC2CC(C3CCC(OCOCCCBr)CC3)CCC2C1.[Na+].[OH-]. The second-order valence-electron chi connectivity index (χ2n) is 21.8. The van der Waals surface area contributed by atoms with Gasteiger partial charge in [0.2, 0.25) is 0 Å². The van der Waals surface area contributed by atoms with Crippen LogP contribution in [0.3, 0.4) is 0 Å². The molecule has 6 saturated carbocycles. The molecule has 17 heteroatoms. The van der Waals surface area contributed by atoms with Gasteiger partial charge in [-0.2, -0.15) is 0 Å². The van der Waals surface area contributed by atoms with Crippen LogP contribution in [0, 0.1) is 59.2 Å².